The van der Waals surface area contributed by atoms with Gasteiger partial charge in [0.2, 0.25) is 5.89 Å². The molecule has 19 heavy (non-hydrogen) atoms. The van der Waals surface area contributed by atoms with Crippen molar-refractivity contribution in [2.45, 2.75) is 19.3 Å². The molecule has 0 spiro atoms. The van der Waals surface area contributed by atoms with Gasteiger partial charge >= 0.3 is 0 Å². The third kappa shape index (κ3) is 2.52. The predicted molar refractivity (Wildman–Crippen MR) is 71.7 cm³/mol. The lowest BCUT2D eigenvalue weighted by Gasteiger charge is -2.25. The van der Waals surface area contributed by atoms with E-state index in [-0.39, 0.29) is 5.91 Å². The van der Waals surface area contributed by atoms with E-state index in [1.54, 1.807) is 0 Å². The summed E-state index contributed by atoms with van der Waals surface area (Å²) in [5.74, 6) is 0.478. The Morgan fingerprint density at radius 3 is 2.58 bits per heavy atom. The third-order valence-electron chi connectivity index (χ3n) is 3.39. The van der Waals surface area contributed by atoms with Crippen molar-refractivity contribution in [1.82, 2.24) is 9.88 Å². The van der Waals surface area contributed by atoms with Crippen LogP contribution in [0.2, 0.25) is 0 Å². The molecular formula is C15H16N2O2. The molecule has 1 aromatic carbocycles. The van der Waals surface area contributed by atoms with Crippen LogP contribution in [0.15, 0.2) is 41.0 Å². The van der Waals surface area contributed by atoms with Crippen LogP contribution in [-0.4, -0.2) is 28.9 Å². The molecule has 0 bridgehead atoms. The lowest BCUT2D eigenvalue weighted by molar-refractivity contribution is 0.0718. The zero-order valence-electron chi connectivity index (χ0n) is 10.7. The number of piperidine rings is 1. The third-order valence-corrected chi connectivity index (χ3v) is 3.39. The van der Waals surface area contributed by atoms with Crippen molar-refractivity contribution < 1.29 is 9.21 Å². The maximum atomic E-state index is 12.2. The van der Waals surface area contributed by atoms with E-state index in [0.29, 0.717) is 11.6 Å². The van der Waals surface area contributed by atoms with Crippen LogP contribution in [0, 0.1) is 0 Å². The summed E-state index contributed by atoms with van der Waals surface area (Å²) < 4.78 is 5.40. The second kappa shape index (κ2) is 5.26. The molecule has 0 saturated carbocycles. The number of carbonyl (C=O) groups excluding carboxylic acids is 1. The number of nitrogens with zero attached hydrogens (tertiary/aromatic N) is 2. The SMILES string of the molecule is O=C(c1coc(-c2ccccc2)n1)N1CCCCC1. The number of likely N-dealkylation sites (tertiary alicyclic amines) is 1. The Labute approximate surface area is 112 Å². The van der Waals surface area contributed by atoms with Gasteiger partial charge in [-0.25, -0.2) is 4.98 Å². The van der Waals surface area contributed by atoms with Crippen LogP contribution in [0.1, 0.15) is 29.8 Å². The molecule has 1 aromatic heterocycles. The van der Waals surface area contributed by atoms with Crippen molar-refractivity contribution in [3.63, 3.8) is 0 Å². The summed E-state index contributed by atoms with van der Waals surface area (Å²) in [6.07, 6.45) is 4.82. The number of amides is 1. The fourth-order valence-corrected chi connectivity index (χ4v) is 2.34. The molecular weight excluding hydrogens is 240 g/mol. The van der Waals surface area contributed by atoms with E-state index in [1.807, 2.05) is 35.2 Å². The van der Waals surface area contributed by atoms with Crippen LogP contribution in [0.25, 0.3) is 11.5 Å². The molecule has 1 saturated heterocycles. The first-order chi connectivity index (χ1) is 9.34. The Bertz CT molecular complexity index is 557. The van der Waals surface area contributed by atoms with Gasteiger partial charge in [-0.05, 0) is 31.4 Å². The van der Waals surface area contributed by atoms with Crippen molar-refractivity contribution in [1.29, 1.82) is 0 Å². The van der Waals surface area contributed by atoms with Crippen molar-refractivity contribution in [3.05, 3.63) is 42.3 Å². The molecule has 1 amide bonds. The smallest absolute Gasteiger partial charge is 0.275 e. The van der Waals surface area contributed by atoms with E-state index in [4.69, 9.17) is 4.42 Å². The van der Waals surface area contributed by atoms with Crippen LogP contribution in [0.3, 0.4) is 0 Å². The average Bonchev–Trinajstić information content (AvgIpc) is 2.98. The first-order valence-electron chi connectivity index (χ1n) is 6.65. The number of oxazole rings is 1. The van der Waals surface area contributed by atoms with Gasteiger partial charge in [-0.1, -0.05) is 18.2 Å². The Morgan fingerprint density at radius 1 is 1.11 bits per heavy atom. The Balaban J connectivity index is 1.79. The molecule has 0 N–H and O–H groups in total. The number of rotatable bonds is 2. The number of hydrogen-bond acceptors (Lipinski definition) is 3. The van der Waals surface area contributed by atoms with Gasteiger partial charge < -0.3 is 9.32 Å². The molecule has 1 aliphatic rings. The number of aromatic nitrogens is 1. The predicted octanol–water partition coefficient (Wildman–Crippen LogP) is 2.97. The van der Waals surface area contributed by atoms with Crippen LogP contribution >= 0.6 is 0 Å². The lowest BCUT2D eigenvalue weighted by atomic mass is 10.1. The largest absolute Gasteiger partial charge is 0.444 e. The van der Waals surface area contributed by atoms with Crippen molar-refractivity contribution in [3.8, 4) is 11.5 Å². The highest BCUT2D eigenvalue weighted by Crippen LogP contribution is 2.19. The van der Waals surface area contributed by atoms with Crippen molar-refractivity contribution >= 4 is 5.91 Å². The molecule has 98 valence electrons. The van der Waals surface area contributed by atoms with E-state index in [2.05, 4.69) is 4.98 Å². The Hall–Kier alpha value is -2.10. The van der Waals surface area contributed by atoms with Gasteiger partial charge in [0, 0.05) is 18.7 Å². The highest BCUT2D eigenvalue weighted by molar-refractivity contribution is 5.92. The summed E-state index contributed by atoms with van der Waals surface area (Å²) in [7, 11) is 0. The molecule has 2 aromatic rings. The molecule has 0 aliphatic carbocycles. The van der Waals surface area contributed by atoms with Crippen LogP contribution in [-0.2, 0) is 0 Å². The Morgan fingerprint density at radius 2 is 1.84 bits per heavy atom. The fraction of sp³-hybridized carbons (Fsp3) is 0.333. The van der Waals surface area contributed by atoms with E-state index < -0.39 is 0 Å². The lowest BCUT2D eigenvalue weighted by Crippen LogP contribution is -2.35. The molecule has 0 unspecified atom stereocenters. The normalized spacial score (nSPS) is 15.5. The maximum absolute atomic E-state index is 12.2. The Kier molecular flexibility index (Phi) is 3.31. The first-order valence-corrected chi connectivity index (χ1v) is 6.65. The van der Waals surface area contributed by atoms with Gasteiger partial charge in [0.05, 0.1) is 0 Å². The van der Waals surface area contributed by atoms with Gasteiger partial charge in [0.25, 0.3) is 5.91 Å². The van der Waals surface area contributed by atoms with E-state index >= 15 is 0 Å². The maximum Gasteiger partial charge on any atom is 0.275 e. The summed E-state index contributed by atoms with van der Waals surface area (Å²) in [5, 5.41) is 0. The second-order valence-electron chi connectivity index (χ2n) is 4.76. The average molecular weight is 256 g/mol. The van der Waals surface area contributed by atoms with Crippen LogP contribution < -0.4 is 0 Å². The monoisotopic (exact) mass is 256 g/mol. The van der Waals surface area contributed by atoms with Gasteiger partial charge in [0.1, 0.15) is 6.26 Å². The molecule has 2 heterocycles. The molecule has 0 radical (unpaired) electrons. The summed E-state index contributed by atoms with van der Waals surface area (Å²) in [6, 6.07) is 9.62. The van der Waals surface area contributed by atoms with Gasteiger partial charge in [-0.3, -0.25) is 4.79 Å². The number of carbonyl (C=O) groups is 1. The molecule has 4 nitrogen and oxygen atoms in total. The summed E-state index contributed by atoms with van der Waals surface area (Å²) in [4.78, 5) is 18.4. The molecule has 3 rings (SSSR count). The zero-order chi connectivity index (χ0) is 13.1. The molecule has 1 fully saturated rings. The number of hydrogen-bond donors (Lipinski definition) is 0. The van der Waals surface area contributed by atoms with E-state index in [1.165, 1.54) is 12.7 Å². The molecule has 4 heteroatoms. The highest BCUT2D eigenvalue weighted by atomic mass is 16.3. The fourth-order valence-electron chi connectivity index (χ4n) is 2.34. The van der Waals surface area contributed by atoms with Gasteiger partial charge in [-0.2, -0.15) is 0 Å². The van der Waals surface area contributed by atoms with E-state index in [9.17, 15) is 4.79 Å². The molecule has 1 aliphatic heterocycles. The van der Waals surface area contributed by atoms with Crippen LogP contribution in [0.5, 0.6) is 0 Å². The summed E-state index contributed by atoms with van der Waals surface area (Å²) in [5.41, 5.74) is 1.29. The summed E-state index contributed by atoms with van der Waals surface area (Å²) >= 11 is 0. The molecule has 0 atom stereocenters. The van der Waals surface area contributed by atoms with Crippen LogP contribution in [0.4, 0.5) is 0 Å². The van der Waals surface area contributed by atoms with E-state index in [0.717, 1.165) is 31.5 Å². The second-order valence-corrected chi connectivity index (χ2v) is 4.76. The summed E-state index contributed by atoms with van der Waals surface area (Å²) in [6.45, 7) is 1.65. The minimum absolute atomic E-state index is 0.0226. The minimum Gasteiger partial charge on any atom is -0.444 e. The van der Waals surface area contributed by atoms with Crippen molar-refractivity contribution in [2.24, 2.45) is 0 Å². The quantitative estimate of drug-likeness (QED) is 0.829. The number of benzene rings is 1. The van der Waals surface area contributed by atoms with Crippen molar-refractivity contribution in [2.75, 3.05) is 13.1 Å². The minimum atomic E-state index is -0.0226. The zero-order valence-corrected chi connectivity index (χ0v) is 10.7. The van der Waals surface area contributed by atoms with Gasteiger partial charge in [0.15, 0.2) is 5.69 Å². The van der Waals surface area contributed by atoms with Gasteiger partial charge in [-0.15, -0.1) is 0 Å². The topological polar surface area (TPSA) is 46.3 Å². The highest BCUT2D eigenvalue weighted by Gasteiger charge is 2.21. The standard InChI is InChI=1S/C15H16N2O2/c18-15(17-9-5-2-6-10-17)13-11-19-14(16-13)12-7-3-1-4-8-12/h1,3-4,7-8,11H,2,5-6,9-10H2. The first kappa shape index (κ1) is 12.0.